The lowest BCUT2D eigenvalue weighted by molar-refractivity contribution is -0.136. The van der Waals surface area contributed by atoms with Crippen molar-refractivity contribution in [1.29, 1.82) is 0 Å². The van der Waals surface area contributed by atoms with Crippen LogP contribution in [-0.2, 0) is 14.8 Å². The van der Waals surface area contributed by atoms with Gasteiger partial charge in [-0.05, 0) is 30.7 Å². The number of amides is 1. The van der Waals surface area contributed by atoms with Crippen LogP contribution in [0.5, 0.6) is 0 Å². The van der Waals surface area contributed by atoms with E-state index < -0.39 is 40.5 Å². The number of carbonyl (C=O) groups excluding carboxylic acids is 1. The minimum Gasteiger partial charge on any atom is -0.391 e. The Hall–Kier alpha value is -1.55. The SMILES string of the molecule is Cc1cc(S(=O)(=O)NCC(=O)N2C[C@H](O)C[C@@H](O)C2)ccc1F. The van der Waals surface area contributed by atoms with Crippen molar-refractivity contribution in [2.45, 2.75) is 30.4 Å². The molecule has 0 aliphatic carbocycles. The normalized spacial score (nSPS) is 22.2. The van der Waals surface area contributed by atoms with Crippen LogP contribution in [0.1, 0.15) is 12.0 Å². The molecule has 1 saturated heterocycles. The standard InChI is InChI=1S/C14H19FN2O5S/c1-9-4-12(2-3-13(9)15)23(21,22)16-6-14(20)17-7-10(18)5-11(19)8-17/h2-4,10-11,16,18-19H,5-8H2,1H3/t10-,11-/m1/s1. The molecule has 0 unspecified atom stereocenters. The number of likely N-dealkylation sites (tertiary alicyclic amines) is 1. The predicted octanol–water partition coefficient (Wildman–Crippen LogP) is -0.633. The third-order valence-corrected chi connectivity index (χ3v) is 5.01. The van der Waals surface area contributed by atoms with Crippen LogP contribution in [0, 0.1) is 12.7 Å². The molecule has 0 radical (unpaired) electrons. The largest absolute Gasteiger partial charge is 0.391 e. The summed E-state index contributed by atoms with van der Waals surface area (Å²) in [5.41, 5.74) is 0.182. The highest BCUT2D eigenvalue weighted by atomic mass is 32.2. The van der Waals surface area contributed by atoms with Gasteiger partial charge in [-0.2, -0.15) is 0 Å². The van der Waals surface area contributed by atoms with E-state index in [0.717, 1.165) is 12.1 Å². The number of halogens is 1. The zero-order valence-electron chi connectivity index (χ0n) is 12.6. The van der Waals surface area contributed by atoms with Gasteiger partial charge in [-0.25, -0.2) is 17.5 Å². The third kappa shape index (κ3) is 4.47. The van der Waals surface area contributed by atoms with E-state index in [-0.39, 0.29) is 30.0 Å². The van der Waals surface area contributed by atoms with Gasteiger partial charge in [-0.3, -0.25) is 4.79 Å². The van der Waals surface area contributed by atoms with E-state index in [1.807, 2.05) is 0 Å². The molecule has 0 bridgehead atoms. The number of rotatable bonds is 4. The van der Waals surface area contributed by atoms with Crippen molar-refractivity contribution >= 4 is 15.9 Å². The Morgan fingerprint density at radius 2 is 1.96 bits per heavy atom. The van der Waals surface area contributed by atoms with Crippen LogP contribution in [-0.4, -0.2) is 61.3 Å². The number of aliphatic hydroxyl groups is 2. The monoisotopic (exact) mass is 346 g/mol. The Labute approximate surface area is 133 Å². The Morgan fingerprint density at radius 1 is 1.35 bits per heavy atom. The maximum atomic E-state index is 13.2. The number of β-amino-alcohol motifs (C(OH)–C–C–N with tert-alkyl or cyclic N) is 2. The van der Waals surface area contributed by atoms with Crippen LogP contribution >= 0.6 is 0 Å². The summed E-state index contributed by atoms with van der Waals surface area (Å²) in [6.45, 7) is 1.04. The number of nitrogens with one attached hydrogen (secondary N) is 1. The van der Waals surface area contributed by atoms with E-state index in [9.17, 15) is 27.8 Å². The first-order valence-corrected chi connectivity index (χ1v) is 8.57. The molecule has 2 rings (SSSR count). The second-order valence-electron chi connectivity index (χ2n) is 5.58. The Morgan fingerprint density at radius 3 is 2.52 bits per heavy atom. The lowest BCUT2D eigenvalue weighted by Gasteiger charge is -2.33. The molecule has 23 heavy (non-hydrogen) atoms. The minimum atomic E-state index is -3.95. The fraction of sp³-hybridized carbons (Fsp3) is 0.500. The summed E-state index contributed by atoms with van der Waals surface area (Å²) >= 11 is 0. The van der Waals surface area contributed by atoms with Crippen molar-refractivity contribution in [3.63, 3.8) is 0 Å². The van der Waals surface area contributed by atoms with Gasteiger partial charge < -0.3 is 15.1 Å². The van der Waals surface area contributed by atoms with Gasteiger partial charge in [0.1, 0.15) is 5.82 Å². The molecule has 0 aromatic heterocycles. The lowest BCUT2D eigenvalue weighted by Crippen LogP contribution is -2.51. The van der Waals surface area contributed by atoms with Gasteiger partial charge in [0.05, 0.1) is 23.6 Å². The summed E-state index contributed by atoms with van der Waals surface area (Å²) in [5, 5.41) is 19.1. The van der Waals surface area contributed by atoms with Crippen molar-refractivity contribution in [1.82, 2.24) is 9.62 Å². The zero-order valence-corrected chi connectivity index (χ0v) is 13.4. The summed E-state index contributed by atoms with van der Waals surface area (Å²) in [7, 11) is -3.95. The van der Waals surface area contributed by atoms with Crippen molar-refractivity contribution in [3.8, 4) is 0 Å². The van der Waals surface area contributed by atoms with Gasteiger partial charge in [-0.1, -0.05) is 0 Å². The summed E-state index contributed by atoms with van der Waals surface area (Å²) in [5.74, 6) is -1.07. The number of aliphatic hydroxyl groups excluding tert-OH is 2. The average molecular weight is 346 g/mol. The molecule has 9 heteroatoms. The highest BCUT2D eigenvalue weighted by Gasteiger charge is 2.28. The Kier molecular flexibility index (Phi) is 5.35. The van der Waals surface area contributed by atoms with E-state index in [2.05, 4.69) is 4.72 Å². The van der Waals surface area contributed by atoms with E-state index in [1.165, 1.54) is 17.9 Å². The summed E-state index contributed by atoms with van der Waals surface area (Å²) in [4.78, 5) is 13.1. The summed E-state index contributed by atoms with van der Waals surface area (Å²) in [6.07, 6.45) is -1.48. The van der Waals surface area contributed by atoms with Gasteiger partial charge in [0.2, 0.25) is 15.9 Å². The fourth-order valence-corrected chi connectivity index (χ4v) is 3.45. The molecule has 0 spiro atoms. The molecule has 2 atom stereocenters. The number of carbonyl (C=O) groups is 1. The van der Waals surface area contributed by atoms with Crippen molar-refractivity contribution in [2.75, 3.05) is 19.6 Å². The number of aryl methyl sites for hydroxylation is 1. The molecule has 1 aliphatic heterocycles. The van der Waals surface area contributed by atoms with E-state index in [0.29, 0.717) is 0 Å². The number of piperidine rings is 1. The van der Waals surface area contributed by atoms with Gasteiger partial charge in [0.15, 0.2) is 0 Å². The van der Waals surface area contributed by atoms with Gasteiger partial charge in [0, 0.05) is 19.5 Å². The third-order valence-electron chi connectivity index (χ3n) is 3.61. The van der Waals surface area contributed by atoms with Gasteiger partial charge in [0.25, 0.3) is 0 Å². The number of benzene rings is 1. The second-order valence-corrected chi connectivity index (χ2v) is 7.34. The quantitative estimate of drug-likeness (QED) is 0.673. The second kappa shape index (κ2) is 6.91. The molecule has 1 fully saturated rings. The first kappa shape index (κ1) is 17.8. The molecule has 1 aromatic carbocycles. The topological polar surface area (TPSA) is 107 Å². The number of sulfonamides is 1. The fourth-order valence-electron chi connectivity index (χ4n) is 2.39. The van der Waals surface area contributed by atoms with Gasteiger partial charge in [-0.15, -0.1) is 0 Å². The molecular formula is C14H19FN2O5S. The molecular weight excluding hydrogens is 327 g/mol. The first-order chi connectivity index (χ1) is 10.7. The lowest BCUT2D eigenvalue weighted by atomic mass is 10.1. The number of nitrogens with zero attached hydrogens (tertiary/aromatic N) is 1. The van der Waals surface area contributed by atoms with Gasteiger partial charge >= 0.3 is 0 Å². The van der Waals surface area contributed by atoms with Crippen LogP contribution in [0.25, 0.3) is 0 Å². The number of hydrogen-bond acceptors (Lipinski definition) is 5. The molecule has 1 aliphatic rings. The van der Waals surface area contributed by atoms with E-state index >= 15 is 0 Å². The van der Waals surface area contributed by atoms with Crippen LogP contribution in [0.15, 0.2) is 23.1 Å². The molecule has 3 N–H and O–H groups in total. The van der Waals surface area contributed by atoms with Crippen LogP contribution in [0.2, 0.25) is 0 Å². The Bertz CT molecular complexity index is 684. The van der Waals surface area contributed by atoms with Crippen LogP contribution < -0.4 is 4.72 Å². The van der Waals surface area contributed by atoms with Crippen LogP contribution in [0.4, 0.5) is 4.39 Å². The molecule has 1 aromatic rings. The zero-order chi connectivity index (χ0) is 17.2. The van der Waals surface area contributed by atoms with Crippen molar-refractivity contribution in [3.05, 3.63) is 29.6 Å². The molecule has 128 valence electrons. The minimum absolute atomic E-state index is 0.0489. The average Bonchev–Trinajstić information content (AvgIpc) is 2.46. The van der Waals surface area contributed by atoms with E-state index in [1.54, 1.807) is 0 Å². The molecule has 1 amide bonds. The predicted molar refractivity (Wildman–Crippen MR) is 79.5 cm³/mol. The highest BCUT2D eigenvalue weighted by molar-refractivity contribution is 7.89. The number of hydrogen-bond donors (Lipinski definition) is 3. The smallest absolute Gasteiger partial charge is 0.241 e. The molecule has 1 heterocycles. The van der Waals surface area contributed by atoms with E-state index in [4.69, 9.17) is 0 Å². The molecule has 0 saturated carbocycles. The molecule has 7 nitrogen and oxygen atoms in total. The first-order valence-electron chi connectivity index (χ1n) is 7.09. The van der Waals surface area contributed by atoms with Crippen LogP contribution in [0.3, 0.4) is 0 Å². The summed E-state index contributed by atoms with van der Waals surface area (Å²) < 4.78 is 39.6. The van der Waals surface area contributed by atoms with Crippen molar-refractivity contribution < 1.29 is 27.8 Å². The summed E-state index contributed by atoms with van der Waals surface area (Å²) in [6, 6.07) is 3.34. The highest BCUT2D eigenvalue weighted by Crippen LogP contribution is 2.14. The Balaban J connectivity index is 2.01. The maximum absolute atomic E-state index is 13.2. The maximum Gasteiger partial charge on any atom is 0.241 e. The van der Waals surface area contributed by atoms with Crippen molar-refractivity contribution in [2.24, 2.45) is 0 Å².